The number of terminal acetylenes is 1. The van der Waals surface area contributed by atoms with Crippen LogP contribution in [0.1, 0.15) is 38.6 Å². The molecule has 4 heteroatoms. The molecule has 17 heavy (non-hydrogen) atoms. The molecule has 0 aliphatic carbocycles. The van der Waals surface area contributed by atoms with Gasteiger partial charge in [-0.2, -0.15) is 5.10 Å². The fraction of sp³-hybridized carbons (Fsp3) is 0.615. The van der Waals surface area contributed by atoms with Gasteiger partial charge in [-0.05, 0) is 20.3 Å². The number of hydrogen-bond donors (Lipinski definition) is 1. The minimum atomic E-state index is 0.293. The zero-order chi connectivity index (χ0) is 12.8. The third kappa shape index (κ3) is 3.49. The standard InChI is InChI=1S/C13H20ClN3/c1-5-8-10(4)15-9-12-13(14)11(6-2)16-17(12)7-3/h1,10,15H,6-9H2,2-4H3. The maximum Gasteiger partial charge on any atom is 0.0863 e. The number of nitrogens with zero attached hydrogens (tertiary/aromatic N) is 2. The van der Waals surface area contributed by atoms with E-state index >= 15 is 0 Å². The van der Waals surface area contributed by atoms with Crippen LogP contribution in [0.15, 0.2) is 0 Å². The molecule has 0 spiro atoms. The highest BCUT2D eigenvalue weighted by atomic mass is 35.5. The van der Waals surface area contributed by atoms with Gasteiger partial charge < -0.3 is 5.32 Å². The Hall–Kier alpha value is -0.980. The normalized spacial score (nSPS) is 12.4. The van der Waals surface area contributed by atoms with Gasteiger partial charge in [0.05, 0.1) is 16.4 Å². The van der Waals surface area contributed by atoms with E-state index in [0.29, 0.717) is 12.6 Å². The average Bonchev–Trinajstić information content (AvgIpc) is 2.63. The number of hydrogen-bond acceptors (Lipinski definition) is 2. The molecule has 1 atom stereocenters. The van der Waals surface area contributed by atoms with Crippen molar-refractivity contribution in [2.45, 2.75) is 52.7 Å². The molecule has 0 radical (unpaired) electrons. The molecule has 1 aromatic heterocycles. The Bertz CT molecular complexity index is 404. The zero-order valence-corrected chi connectivity index (χ0v) is 11.5. The van der Waals surface area contributed by atoms with Gasteiger partial charge in [0, 0.05) is 25.6 Å². The van der Waals surface area contributed by atoms with E-state index in [9.17, 15) is 0 Å². The summed E-state index contributed by atoms with van der Waals surface area (Å²) in [7, 11) is 0. The quantitative estimate of drug-likeness (QED) is 0.790. The van der Waals surface area contributed by atoms with Crippen molar-refractivity contribution in [2.75, 3.05) is 0 Å². The average molecular weight is 254 g/mol. The van der Waals surface area contributed by atoms with Crippen LogP contribution in [0, 0.1) is 12.3 Å². The highest BCUT2D eigenvalue weighted by Gasteiger charge is 2.14. The minimum Gasteiger partial charge on any atom is -0.308 e. The van der Waals surface area contributed by atoms with Crippen LogP contribution in [0.25, 0.3) is 0 Å². The topological polar surface area (TPSA) is 29.9 Å². The fourth-order valence-corrected chi connectivity index (χ4v) is 2.04. The maximum atomic E-state index is 6.31. The SMILES string of the molecule is C#CCC(C)NCc1c(Cl)c(CC)nn1CC. The van der Waals surface area contributed by atoms with Crippen LogP contribution in [-0.2, 0) is 19.5 Å². The molecule has 1 aromatic rings. The van der Waals surface area contributed by atoms with Crippen LogP contribution in [0.4, 0.5) is 0 Å². The first-order valence-corrected chi connectivity index (χ1v) is 6.42. The molecule has 1 N–H and O–H groups in total. The molecule has 0 fully saturated rings. The molecule has 1 unspecified atom stereocenters. The maximum absolute atomic E-state index is 6.31. The van der Waals surface area contributed by atoms with E-state index in [2.05, 4.69) is 37.1 Å². The number of aryl methyl sites for hydroxylation is 2. The lowest BCUT2D eigenvalue weighted by molar-refractivity contribution is 0.522. The van der Waals surface area contributed by atoms with Gasteiger partial charge >= 0.3 is 0 Å². The third-order valence-corrected chi connectivity index (χ3v) is 3.17. The van der Waals surface area contributed by atoms with Crippen molar-refractivity contribution in [1.82, 2.24) is 15.1 Å². The minimum absolute atomic E-state index is 0.293. The highest BCUT2D eigenvalue weighted by Crippen LogP contribution is 2.21. The van der Waals surface area contributed by atoms with E-state index in [1.165, 1.54) is 0 Å². The van der Waals surface area contributed by atoms with Crippen LogP contribution in [0.3, 0.4) is 0 Å². The summed E-state index contributed by atoms with van der Waals surface area (Å²) in [6.07, 6.45) is 6.86. The lowest BCUT2D eigenvalue weighted by Gasteiger charge is -2.11. The Morgan fingerprint density at radius 1 is 1.53 bits per heavy atom. The van der Waals surface area contributed by atoms with E-state index in [0.717, 1.165) is 35.8 Å². The van der Waals surface area contributed by atoms with Crippen LogP contribution in [0.2, 0.25) is 5.02 Å². The second-order valence-corrected chi connectivity index (χ2v) is 4.44. The lowest BCUT2D eigenvalue weighted by atomic mass is 10.2. The summed E-state index contributed by atoms with van der Waals surface area (Å²) in [6, 6.07) is 0.293. The molecule has 0 aliphatic heterocycles. The Labute approximate surface area is 109 Å². The second-order valence-electron chi connectivity index (χ2n) is 4.07. The van der Waals surface area contributed by atoms with Crippen molar-refractivity contribution in [3.63, 3.8) is 0 Å². The predicted octanol–water partition coefficient (Wildman–Crippen LogP) is 2.62. The van der Waals surface area contributed by atoms with Gasteiger partial charge in [-0.25, -0.2) is 0 Å². The molecular formula is C13H20ClN3. The van der Waals surface area contributed by atoms with Gasteiger partial charge in [0.1, 0.15) is 0 Å². The summed E-state index contributed by atoms with van der Waals surface area (Å²) in [5, 5.41) is 8.63. The Morgan fingerprint density at radius 2 is 2.24 bits per heavy atom. The van der Waals surface area contributed by atoms with Gasteiger partial charge in [-0.1, -0.05) is 18.5 Å². The molecule has 94 valence electrons. The predicted molar refractivity (Wildman–Crippen MR) is 72.0 cm³/mol. The van der Waals surface area contributed by atoms with Crippen LogP contribution in [0.5, 0.6) is 0 Å². The molecule has 1 heterocycles. The fourth-order valence-electron chi connectivity index (χ4n) is 1.71. The van der Waals surface area contributed by atoms with Gasteiger partial charge in [0.15, 0.2) is 0 Å². The van der Waals surface area contributed by atoms with Gasteiger partial charge in [-0.15, -0.1) is 12.3 Å². The van der Waals surface area contributed by atoms with E-state index in [1.807, 2.05) is 4.68 Å². The monoisotopic (exact) mass is 253 g/mol. The summed E-state index contributed by atoms with van der Waals surface area (Å²) in [5.41, 5.74) is 2.02. The lowest BCUT2D eigenvalue weighted by Crippen LogP contribution is -2.26. The summed E-state index contributed by atoms with van der Waals surface area (Å²) in [4.78, 5) is 0. The number of aromatic nitrogens is 2. The van der Waals surface area contributed by atoms with Crippen LogP contribution >= 0.6 is 11.6 Å². The van der Waals surface area contributed by atoms with Gasteiger partial charge in [-0.3, -0.25) is 4.68 Å². The summed E-state index contributed by atoms with van der Waals surface area (Å²) in [6.45, 7) is 7.74. The molecule has 0 amide bonds. The molecular weight excluding hydrogens is 234 g/mol. The van der Waals surface area contributed by atoms with E-state index in [1.54, 1.807) is 0 Å². The van der Waals surface area contributed by atoms with Crippen LogP contribution < -0.4 is 5.32 Å². The summed E-state index contributed by atoms with van der Waals surface area (Å²) in [5.74, 6) is 2.65. The molecule has 0 saturated carbocycles. The molecule has 3 nitrogen and oxygen atoms in total. The van der Waals surface area contributed by atoms with Crippen molar-refractivity contribution < 1.29 is 0 Å². The van der Waals surface area contributed by atoms with Crippen molar-refractivity contribution in [1.29, 1.82) is 0 Å². The number of halogens is 1. The van der Waals surface area contributed by atoms with Crippen molar-refractivity contribution in [3.8, 4) is 12.3 Å². The molecule has 0 aliphatic rings. The zero-order valence-electron chi connectivity index (χ0n) is 10.8. The van der Waals surface area contributed by atoms with Gasteiger partial charge in [0.2, 0.25) is 0 Å². The van der Waals surface area contributed by atoms with Crippen molar-refractivity contribution in [3.05, 3.63) is 16.4 Å². The first-order chi connectivity index (χ1) is 8.13. The first kappa shape index (κ1) is 14.1. The van der Waals surface area contributed by atoms with E-state index in [-0.39, 0.29) is 0 Å². The molecule has 0 saturated heterocycles. The largest absolute Gasteiger partial charge is 0.308 e. The Balaban J connectivity index is 2.76. The first-order valence-electron chi connectivity index (χ1n) is 6.04. The van der Waals surface area contributed by atoms with Crippen molar-refractivity contribution >= 4 is 11.6 Å². The highest BCUT2D eigenvalue weighted by molar-refractivity contribution is 6.31. The molecule has 0 bridgehead atoms. The molecule has 0 aromatic carbocycles. The Kier molecular flexibility index (Phi) is 5.54. The summed E-state index contributed by atoms with van der Waals surface area (Å²) < 4.78 is 1.96. The second kappa shape index (κ2) is 6.68. The van der Waals surface area contributed by atoms with Gasteiger partial charge in [0.25, 0.3) is 0 Å². The van der Waals surface area contributed by atoms with E-state index < -0.39 is 0 Å². The number of rotatable bonds is 6. The van der Waals surface area contributed by atoms with Crippen molar-refractivity contribution in [2.24, 2.45) is 0 Å². The van der Waals surface area contributed by atoms with Crippen LogP contribution in [-0.4, -0.2) is 15.8 Å². The van der Waals surface area contributed by atoms with E-state index in [4.69, 9.17) is 18.0 Å². The molecule has 1 rings (SSSR count). The Morgan fingerprint density at radius 3 is 2.76 bits per heavy atom. The summed E-state index contributed by atoms with van der Waals surface area (Å²) >= 11 is 6.31. The number of nitrogens with one attached hydrogen (secondary N) is 1. The third-order valence-electron chi connectivity index (χ3n) is 2.74. The smallest absolute Gasteiger partial charge is 0.0863 e.